The topological polar surface area (TPSA) is 101 Å². The van der Waals surface area contributed by atoms with Crippen molar-refractivity contribution in [3.8, 4) is 0 Å². The van der Waals surface area contributed by atoms with Gasteiger partial charge >= 0.3 is 7.60 Å². The standard InChI is InChI=1S/C16H13F2N4O3P/c17-13-5-1-11(2-6-13)16(12-3-7-14(18)8-4-12)15(9-26(23,24)25)22-10-19-20-21-22/h1-8,10H,9H2,(H2,23,24,25). The molecule has 0 fully saturated rings. The zero-order chi connectivity index (χ0) is 18.7. The SMILES string of the molecule is O=P(O)(O)CC(=C(c1ccc(F)cc1)c1ccc(F)cc1)n1cnnn1. The summed E-state index contributed by atoms with van der Waals surface area (Å²) in [4.78, 5) is 19.0. The molecule has 0 aliphatic rings. The smallest absolute Gasteiger partial charge is 0.324 e. The van der Waals surface area contributed by atoms with Crippen molar-refractivity contribution >= 4 is 18.9 Å². The summed E-state index contributed by atoms with van der Waals surface area (Å²) >= 11 is 0. The third kappa shape index (κ3) is 4.26. The maximum Gasteiger partial charge on any atom is 0.331 e. The third-order valence-electron chi connectivity index (χ3n) is 3.54. The molecule has 3 aromatic rings. The molecule has 134 valence electrons. The Morgan fingerprint density at radius 1 is 0.962 bits per heavy atom. The van der Waals surface area contributed by atoms with Crippen LogP contribution in [0.2, 0.25) is 0 Å². The molecule has 1 heterocycles. The lowest BCUT2D eigenvalue weighted by Gasteiger charge is -2.16. The van der Waals surface area contributed by atoms with Gasteiger partial charge in [-0.25, -0.2) is 13.5 Å². The number of tetrazole rings is 1. The van der Waals surface area contributed by atoms with Gasteiger partial charge in [-0.3, -0.25) is 4.57 Å². The van der Waals surface area contributed by atoms with Gasteiger partial charge in [-0.15, -0.1) is 5.10 Å². The highest BCUT2D eigenvalue weighted by molar-refractivity contribution is 7.52. The average molecular weight is 378 g/mol. The summed E-state index contributed by atoms with van der Waals surface area (Å²) < 4.78 is 39.4. The van der Waals surface area contributed by atoms with Crippen molar-refractivity contribution in [3.05, 3.63) is 77.6 Å². The number of benzene rings is 2. The van der Waals surface area contributed by atoms with Crippen molar-refractivity contribution in [2.24, 2.45) is 0 Å². The molecule has 1 aromatic heterocycles. The molecular weight excluding hydrogens is 365 g/mol. The van der Waals surface area contributed by atoms with Crippen LogP contribution >= 0.6 is 7.60 Å². The van der Waals surface area contributed by atoms with Gasteiger partial charge in [-0.2, -0.15) is 0 Å². The predicted octanol–water partition coefficient (Wildman–Crippen LogP) is 2.55. The lowest BCUT2D eigenvalue weighted by Crippen LogP contribution is -2.08. The van der Waals surface area contributed by atoms with E-state index in [1.165, 1.54) is 54.9 Å². The van der Waals surface area contributed by atoms with Crippen LogP contribution in [0.5, 0.6) is 0 Å². The summed E-state index contributed by atoms with van der Waals surface area (Å²) in [5, 5.41) is 10.7. The van der Waals surface area contributed by atoms with Crippen molar-refractivity contribution in [1.82, 2.24) is 20.2 Å². The Morgan fingerprint density at radius 2 is 1.46 bits per heavy atom. The number of nitrogens with zero attached hydrogens (tertiary/aromatic N) is 4. The fourth-order valence-corrected chi connectivity index (χ4v) is 3.17. The molecule has 0 atom stereocenters. The van der Waals surface area contributed by atoms with E-state index < -0.39 is 25.4 Å². The lowest BCUT2D eigenvalue weighted by molar-refractivity contribution is 0.377. The number of hydrogen-bond acceptors (Lipinski definition) is 4. The average Bonchev–Trinajstić information content (AvgIpc) is 3.11. The van der Waals surface area contributed by atoms with Crippen LogP contribution in [0.15, 0.2) is 54.9 Å². The van der Waals surface area contributed by atoms with Crippen molar-refractivity contribution in [2.75, 3.05) is 6.16 Å². The Balaban J connectivity index is 2.30. The quantitative estimate of drug-likeness (QED) is 0.662. The summed E-state index contributed by atoms with van der Waals surface area (Å²) in [6.45, 7) is 0. The highest BCUT2D eigenvalue weighted by atomic mass is 31.2. The lowest BCUT2D eigenvalue weighted by atomic mass is 9.96. The molecule has 0 aliphatic carbocycles. The second-order valence-electron chi connectivity index (χ2n) is 5.41. The van der Waals surface area contributed by atoms with Gasteiger partial charge in [0.05, 0.1) is 11.9 Å². The minimum absolute atomic E-state index is 0.0987. The molecule has 0 aliphatic heterocycles. The van der Waals surface area contributed by atoms with Crippen LogP contribution in [0.4, 0.5) is 8.78 Å². The van der Waals surface area contributed by atoms with Gasteiger partial charge in [0.25, 0.3) is 0 Å². The molecule has 0 bridgehead atoms. The van der Waals surface area contributed by atoms with Gasteiger partial charge in [0, 0.05) is 5.57 Å². The Labute approximate surface area is 146 Å². The van der Waals surface area contributed by atoms with Gasteiger partial charge in [0.1, 0.15) is 18.0 Å². The van der Waals surface area contributed by atoms with E-state index in [-0.39, 0.29) is 5.70 Å². The number of rotatable bonds is 5. The molecule has 26 heavy (non-hydrogen) atoms. The fraction of sp³-hybridized carbons (Fsp3) is 0.0625. The first kappa shape index (κ1) is 18.1. The second-order valence-corrected chi connectivity index (χ2v) is 7.06. The molecule has 0 spiro atoms. The number of halogens is 2. The van der Waals surface area contributed by atoms with Gasteiger partial charge < -0.3 is 9.79 Å². The predicted molar refractivity (Wildman–Crippen MR) is 89.7 cm³/mol. The molecule has 0 radical (unpaired) electrons. The maximum atomic E-state index is 13.3. The molecular formula is C16H13F2N4O3P. The highest BCUT2D eigenvalue weighted by Crippen LogP contribution is 2.41. The number of hydrogen-bond donors (Lipinski definition) is 2. The van der Waals surface area contributed by atoms with Crippen LogP contribution in [0, 0.1) is 11.6 Å². The van der Waals surface area contributed by atoms with E-state index in [9.17, 15) is 23.1 Å². The van der Waals surface area contributed by atoms with E-state index >= 15 is 0 Å². The van der Waals surface area contributed by atoms with Crippen LogP contribution in [0.3, 0.4) is 0 Å². The molecule has 0 saturated carbocycles. The van der Waals surface area contributed by atoms with Crippen LogP contribution in [-0.4, -0.2) is 36.2 Å². The monoisotopic (exact) mass is 378 g/mol. The van der Waals surface area contributed by atoms with Crippen LogP contribution in [0.1, 0.15) is 11.1 Å². The molecule has 0 saturated heterocycles. The molecule has 0 amide bonds. The van der Waals surface area contributed by atoms with Gasteiger partial charge in [0.2, 0.25) is 0 Å². The van der Waals surface area contributed by atoms with Crippen LogP contribution in [-0.2, 0) is 4.57 Å². The molecule has 0 unspecified atom stereocenters. The van der Waals surface area contributed by atoms with Gasteiger partial charge in [-0.1, -0.05) is 24.3 Å². The van der Waals surface area contributed by atoms with E-state index in [0.717, 1.165) is 4.68 Å². The summed E-state index contributed by atoms with van der Waals surface area (Å²) in [5.74, 6) is -0.933. The molecule has 2 N–H and O–H groups in total. The Bertz CT molecular complexity index is 920. The Morgan fingerprint density at radius 3 is 1.85 bits per heavy atom. The van der Waals surface area contributed by atoms with E-state index in [1.807, 2.05) is 0 Å². The van der Waals surface area contributed by atoms with Crippen molar-refractivity contribution in [1.29, 1.82) is 0 Å². The minimum Gasteiger partial charge on any atom is -0.324 e. The maximum absolute atomic E-state index is 13.3. The van der Waals surface area contributed by atoms with Crippen molar-refractivity contribution < 1.29 is 23.1 Å². The van der Waals surface area contributed by atoms with E-state index in [2.05, 4.69) is 15.5 Å². The third-order valence-corrected chi connectivity index (χ3v) is 4.25. The van der Waals surface area contributed by atoms with Crippen LogP contribution < -0.4 is 0 Å². The van der Waals surface area contributed by atoms with E-state index in [1.54, 1.807) is 0 Å². The minimum atomic E-state index is -4.50. The second kappa shape index (κ2) is 7.25. The Hall–Kier alpha value is -2.74. The Kier molecular flexibility index (Phi) is 5.03. The summed E-state index contributed by atoms with van der Waals surface area (Å²) in [6, 6.07) is 10.7. The summed E-state index contributed by atoms with van der Waals surface area (Å²) in [7, 11) is -4.50. The summed E-state index contributed by atoms with van der Waals surface area (Å²) in [6.07, 6.45) is 0.528. The summed E-state index contributed by atoms with van der Waals surface area (Å²) in [5.41, 5.74) is 1.39. The number of allylic oxidation sites excluding steroid dienone is 1. The van der Waals surface area contributed by atoms with E-state index in [0.29, 0.717) is 16.7 Å². The largest absolute Gasteiger partial charge is 0.331 e. The zero-order valence-corrected chi connectivity index (χ0v) is 14.1. The first-order valence-electron chi connectivity index (χ1n) is 7.36. The molecule has 2 aromatic carbocycles. The van der Waals surface area contributed by atoms with Gasteiger partial charge in [0.15, 0.2) is 0 Å². The van der Waals surface area contributed by atoms with Crippen molar-refractivity contribution in [3.63, 3.8) is 0 Å². The zero-order valence-electron chi connectivity index (χ0n) is 13.2. The first-order valence-corrected chi connectivity index (χ1v) is 9.16. The van der Waals surface area contributed by atoms with Crippen LogP contribution in [0.25, 0.3) is 11.3 Å². The molecule has 3 rings (SSSR count). The normalized spacial score (nSPS) is 11.4. The molecule has 10 heteroatoms. The highest BCUT2D eigenvalue weighted by Gasteiger charge is 2.23. The van der Waals surface area contributed by atoms with Gasteiger partial charge in [-0.05, 0) is 45.8 Å². The fourth-order valence-electron chi connectivity index (χ4n) is 2.48. The first-order chi connectivity index (χ1) is 12.3. The number of aromatic nitrogens is 4. The van der Waals surface area contributed by atoms with E-state index in [4.69, 9.17) is 0 Å². The van der Waals surface area contributed by atoms with Crippen molar-refractivity contribution in [2.45, 2.75) is 0 Å². The molecule has 7 nitrogen and oxygen atoms in total.